The molecule has 5 rings (SSSR count). The van der Waals surface area contributed by atoms with E-state index in [0.717, 1.165) is 29.6 Å². The van der Waals surface area contributed by atoms with Gasteiger partial charge in [-0.15, -0.1) is 0 Å². The monoisotopic (exact) mass is 518 g/mol. The van der Waals surface area contributed by atoms with Gasteiger partial charge in [-0.2, -0.15) is 0 Å². The fraction of sp³-hybridized carbons (Fsp3) is 1.00. The Morgan fingerprint density at radius 3 is 1.41 bits per heavy atom. The number of halogens is 2. The third kappa shape index (κ3) is 6.97. The van der Waals surface area contributed by atoms with Crippen LogP contribution in [0.25, 0.3) is 0 Å². The van der Waals surface area contributed by atoms with Crippen LogP contribution in [0.1, 0.15) is 122 Å². The molecule has 5 aliphatic rings. The molecule has 6 atom stereocenters. The number of hydrogen-bond acceptors (Lipinski definition) is 0. The molecule has 0 saturated heterocycles. The van der Waals surface area contributed by atoms with E-state index in [9.17, 15) is 0 Å². The Labute approximate surface area is 200 Å². The first kappa shape index (κ1) is 25.1. The van der Waals surface area contributed by atoms with Crippen LogP contribution in [0.15, 0.2) is 0 Å². The zero-order valence-electron chi connectivity index (χ0n) is 19.0. The van der Waals surface area contributed by atoms with E-state index in [1.54, 1.807) is 83.5 Å². The van der Waals surface area contributed by atoms with Crippen molar-refractivity contribution in [2.75, 3.05) is 0 Å². The quantitative estimate of drug-likeness (QED) is 0.347. The topological polar surface area (TPSA) is 0 Å². The first-order chi connectivity index (χ1) is 14.3. The van der Waals surface area contributed by atoms with Gasteiger partial charge in [0.2, 0.25) is 0 Å². The summed E-state index contributed by atoms with van der Waals surface area (Å²) in [5.74, 6) is 8.11. The molecular weight excluding hydrogens is 474 g/mol. The molecule has 3 heteroatoms. The summed E-state index contributed by atoms with van der Waals surface area (Å²) >= 11 is -0.826. The van der Waals surface area contributed by atoms with Crippen molar-refractivity contribution in [2.24, 2.45) is 41.4 Å². The molecule has 0 aliphatic heterocycles. The molecular formula is C26H46Cl2Zr. The van der Waals surface area contributed by atoms with Crippen LogP contribution in [0.4, 0.5) is 0 Å². The maximum absolute atomic E-state index is 4.93. The van der Waals surface area contributed by atoms with Crippen LogP contribution in [0.3, 0.4) is 0 Å². The van der Waals surface area contributed by atoms with Crippen LogP contribution in [0, 0.1) is 41.4 Å². The SMILES string of the molecule is C1CCC2CCCC2C1.CCCCC1C2CCCCC2C2CCCCC12.[Cl][Zr][Cl]. The summed E-state index contributed by atoms with van der Waals surface area (Å²) < 4.78 is 0. The van der Waals surface area contributed by atoms with Crippen LogP contribution < -0.4 is 0 Å². The maximum atomic E-state index is 4.93. The van der Waals surface area contributed by atoms with Gasteiger partial charge in [-0.25, -0.2) is 0 Å². The Balaban J connectivity index is 0.000000167. The average Bonchev–Trinajstić information content (AvgIpc) is 3.36. The van der Waals surface area contributed by atoms with E-state index in [-0.39, 0.29) is 0 Å². The molecule has 0 aromatic heterocycles. The van der Waals surface area contributed by atoms with Crippen molar-refractivity contribution in [1.29, 1.82) is 0 Å². The van der Waals surface area contributed by atoms with Crippen molar-refractivity contribution in [2.45, 2.75) is 122 Å². The van der Waals surface area contributed by atoms with E-state index in [1.807, 2.05) is 0 Å². The van der Waals surface area contributed by atoms with Crippen LogP contribution in [-0.4, -0.2) is 0 Å². The Morgan fingerprint density at radius 1 is 0.586 bits per heavy atom. The summed E-state index contributed by atoms with van der Waals surface area (Å²) in [4.78, 5) is 0. The zero-order valence-corrected chi connectivity index (χ0v) is 23.0. The molecule has 5 saturated carbocycles. The fourth-order valence-electron chi connectivity index (χ4n) is 8.38. The van der Waals surface area contributed by atoms with Gasteiger partial charge in [0.15, 0.2) is 0 Å². The summed E-state index contributed by atoms with van der Waals surface area (Å²) in [7, 11) is 9.87. The number of hydrogen-bond donors (Lipinski definition) is 0. The average molecular weight is 521 g/mol. The molecule has 0 amide bonds. The summed E-state index contributed by atoms with van der Waals surface area (Å²) in [5.41, 5.74) is 0. The van der Waals surface area contributed by atoms with Crippen LogP contribution in [0.5, 0.6) is 0 Å². The van der Waals surface area contributed by atoms with Gasteiger partial charge in [-0.05, 0) is 73.5 Å². The predicted molar refractivity (Wildman–Crippen MR) is 125 cm³/mol. The van der Waals surface area contributed by atoms with E-state index >= 15 is 0 Å². The molecule has 29 heavy (non-hydrogen) atoms. The van der Waals surface area contributed by atoms with Gasteiger partial charge in [-0.3, -0.25) is 0 Å². The first-order valence-corrected chi connectivity index (χ1v) is 19.6. The molecule has 0 aromatic rings. The second kappa shape index (κ2) is 13.9. The number of fused-ring (bicyclic) bond motifs is 4. The van der Waals surface area contributed by atoms with Gasteiger partial charge in [0.1, 0.15) is 0 Å². The van der Waals surface area contributed by atoms with Crippen molar-refractivity contribution in [3.63, 3.8) is 0 Å². The minimum absolute atomic E-state index is 0.826. The Kier molecular flexibility index (Phi) is 12.0. The van der Waals surface area contributed by atoms with Crippen molar-refractivity contribution in [1.82, 2.24) is 0 Å². The first-order valence-electron chi connectivity index (χ1n) is 13.3. The normalized spacial score (nSPS) is 40.3. The van der Waals surface area contributed by atoms with Gasteiger partial charge in [0.05, 0.1) is 0 Å². The van der Waals surface area contributed by atoms with Gasteiger partial charge >= 0.3 is 37.9 Å². The summed E-state index contributed by atoms with van der Waals surface area (Å²) in [6.45, 7) is 2.37. The summed E-state index contributed by atoms with van der Waals surface area (Å²) in [6.07, 6.45) is 27.9. The minimum atomic E-state index is -0.826. The summed E-state index contributed by atoms with van der Waals surface area (Å²) in [6, 6.07) is 0. The van der Waals surface area contributed by atoms with Crippen molar-refractivity contribution in [3.05, 3.63) is 0 Å². The molecule has 0 spiro atoms. The fourth-order valence-corrected chi connectivity index (χ4v) is 8.38. The van der Waals surface area contributed by atoms with Gasteiger partial charge in [-0.1, -0.05) is 90.4 Å². The van der Waals surface area contributed by atoms with Crippen molar-refractivity contribution in [3.8, 4) is 0 Å². The molecule has 168 valence electrons. The zero-order chi connectivity index (χ0) is 20.5. The molecule has 0 heterocycles. The third-order valence-corrected chi connectivity index (χ3v) is 9.51. The van der Waals surface area contributed by atoms with Gasteiger partial charge in [0.25, 0.3) is 0 Å². The predicted octanol–water partition coefficient (Wildman–Crippen LogP) is 9.77. The third-order valence-electron chi connectivity index (χ3n) is 9.51. The Hall–Kier alpha value is 1.46. The van der Waals surface area contributed by atoms with E-state index < -0.39 is 20.8 Å². The van der Waals surface area contributed by atoms with Crippen LogP contribution in [-0.2, 0) is 20.8 Å². The van der Waals surface area contributed by atoms with E-state index in [4.69, 9.17) is 17.0 Å². The van der Waals surface area contributed by atoms with Gasteiger partial charge in [0, 0.05) is 0 Å². The van der Waals surface area contributed by atoms with Crippen molar-refractivity contribution >= 4 is 17.0 Å². The molecule has 0 N–H and O–H groups in total. The molecule has 6 unspecified atom stereocenters. The molecule has 5 aliphatic carbocycles. The molecule has 5 fully saturated rings. The number of rotatable bonds is 3. The van der Waals surface area contributed by atoms with E-state index in [2.05, 4.69) is 6.92 Å². The summed E-state index contributed by atoms with van der Waals surface area (Å²) in [5, 5.41) is 0. The van der Waals surface area contributed by atoms with Gasteiger partial charge < -0.3 is 0 Å². The van der Waals surface area contributed by atoms with Crippen LogP contribution >= 0.6 is 17.0 Å². The molecule has 0 aromatic carbocycles. The van der Waals surface area contributed by atoms with E-state index in [1.165, 1.54) is 43.9 Å². The second-order valence-corrected chi connectivity index (χ2v) is 14.6. The Morgan fingerprint density at radius 2 is 0.966 bits per heavy atom. The molecule has 0 nitrogen and oxygen atoms in total. The molecule has 0 radical (unpaired) electrons. The number of unbranched alkanes of at least 4 members (excludes halogenated alkanes) is 1. The Bertz CT molecular complexity index is 408. The van der Waals surface area contributed by atoms with E-state index in [0.29, 0.717) is 0 Å². The molecule has 0 bridgehead atoms. The standard InChI is InChI=1S/C17H30.C9H16.2ClH.Zr/c1-2-3-8-13-14-9-4-6-11-16(14)17-12-7-5-10-15(13)17;1-2-5-9-7-3-6-8(9)4-1;;;/h13-17H,2-12H2,1H3;8-9H,1-7H2;2*1H;/q;;;;+2/p-2. The van der Waals surface area contributed by atoms with Crippen LogP contribution in [0.2, 0.25) is 0 Å². The van der Waals surface area contributed by atoms with Crippen molar-refractivity contribution < 1.29 is 20.8 Å². The second-order valence-electron chi connectivity index (χ2n) is 10.8.